The fraction of sp³-hybridized carbons (Fsp3) is 0.286. The third-order valence-electron chi connectivity index (χ3n) is 3.76. The van der Waals surface area contributed by atoms with E-state index in [9.17, 15) is 9.90 Å². The number of nitrogens with two attached hydrogens (primary N) is 1. The van der Waals surface area contributed by atoms with Crippen LogP contribution < -0.4 is 5.73 Å². The lowest BCUT2D eigenvalue weighted by Crippen LogP contribution is -2.28. The van der Waals surface area contributed by atoms with Crippen LogP contribution in [-0.4, -0.2) is 20.9 Å². The van der Waals surface area contributed by atoms with Gasteiger partial charge in [-0.05, 0) is 36.5 Å². The number of rotatable bonds is 2. The Hall–Kier alpha value is -2.30. The lowest BCUT2D eigenvalue weighted by atomic mass is 9.70. The highest BCUT2D eigenvalue weighted by molar-refractivity contribution is 5.74. The molecule has 2 aromatic rings. The van der Waals surface area contributed by atoms with Gasteiger partial charge in [-0.1, -0.05) is 18.2 Å². The zero-order valence-corrected chi connectivity index (χ0v) is 10.3. The van der Waals surface area contributed by atoms with E-state index in [0.717, 1.165) is 24.1 Å². The topological polar surface area (TPSA) is 81.1 Å². The molecule has 1 radical (unpaired) electrons. The maximum Gasteiger partial charge on any atom is 0.339 e. The number of carbonyl (C=O) groups is 1. The third-order valence-corrected chi connectivity index (χ3v) is 3.76. The van der Waals surface area contributed by atoms with Gasteiger partial charge in [-0.3, -0.25) is 0 Å². The SMILES string of the molecule is NC(=O)n1n[c]cc1[C@H]1C[C@@H](c2ccccc2O)C1. The molecule has 1 aromatic heterocycles. The first-order valence-corrected chi connectivity index (χ1v) is 6.20. The Bertz CT molecular complexity index is 615. The molecule has 0 atom stereocenters. The van der Waals surface area contributed by atoms with Crippen molar-refractivity contribution in [1.29, 1.82) is 0 Å². The molecular formula is C14H14N3O2. The van der Waals surface area contributed by atoms with E-state index in [0.29, 0.717) is 11.7 Å². The summed E-state index contributed by atoms with van der Waals surface area (Å²) in [6, 6.07) is 8.49. The molecule has 1 fully saturated rings. The van der Waals surface area contributed by atoms with Crippen molar-refractivity contribution in [3.8, 4) is 5.75 Å². The maximum atomic E-state index is 11.2. The van der Waals surface area contributed by atoms with Crippen LogP contribution >= 0.6 is 0 Å². The second-order valence-corrected chi connectivity index (χ2v) is 4.87. The van der Waals surface area contributed by atoms with Gasteiger partial charge in [-0.15, -0.1) is 0 Å². The van der Waals surface area contributed by atoms with Gasteiger partial charge in [-0.25, -0.2) is 4.79 Å². The van der Waals surface area contributed by atoms with E-state index in [-0.39, 0.29) is 5.92 Å². The van der Waals surface area contributed by atoms with Gasteiger partial charge in [-0.2, -0.15) is 9.78 Å². The fourth-order valence-corrected chi connectivity index (χ4v) is 2.68. The number of aromatic nitrogens is 2. The predicted octanol–water partition coefficient (Wildman–Crippen LogP) is 1.98. The summed E-state index contributed by atoms with van der Waals surface area (Å²) in [6.45, 7) is 0. The number of aromatic hydroxyl groups is 1. The molecule has 1 saturated carbocycles. The minimum Gasteiger partial charge on any atom is -0.508 e. The first-order chi connectivity index (χ1) is 9.16. The summed E-state index contributed by atoms with van der Waals surface area (Å²) in [5, 5.41) is 13.6. The van der Waals surface area contributed by atoms with E-state index in [1.165, 1.54) is 4.68 Å². The van der Waals surface area contributed by atoms with Crippen molar-refractivity contribution in [2.45, 2.75) is 24.7 Å². The lowest BCUT2D eigenvalue weighted by Gasteiger charge is -2.35. The van der Waals surface area contributed by atoms with Crippen LogP contribution in [0.2, 0.25) is 0 Å². The van der Waals surface area contributed by atoms with E-state index in [2.05, 4.69) is 11.3 Å². The Morgan fingerprint density at radius 3 is 2.79 bits per heavy atom. The van der Waals surface area contributed by atoms with Crippen LogP contribution in [0.25, 0.3) is 0 Å². The minimum atomic E-state index is -0.581. The number of amides is 1. The van der Waals surface area contributed by atoms with Gasteiger partial charge in [0.1, 0.15) is 11.9 Å². The van der Waals surface area contributed by atoms with E-state index < -0.39 is 6.03 Å². The maximum absolute atomic E-state index is 11.2. The number of phenolic OH excluding ortho intramolecular Hbond substituents is 1. The van der Waals surface area contributed by atoms with Crippen LogP contribution in [0.1, 0.15) is 35.9 Å². The number of phenols is 1. The molecule has 5 nitrogen and oxygen atoms in total. The van der Waals surface area contributed by atoms with Gasteiger partial charge in [0.25, 0.3) is 0 Å². The molecule has 0 aliphatic heterocycles. The Labute approximate surface area is 110 Å². The summed E-state index contributed by atoms with van der Waals surface area (Å²) >= 11 is 0. The second-order valence-electron chi connectivity index (χ2n) is 4.87. The average molecular weight is 256 g/mol. The van der Waals surface area contributed by atoms with Crippen molar-refractivity contribution >= 4 is 6.03 Å². The van der Waals surface area contributed by atoms with E-state index >= 15 is 0 Å². The highest BCUT2D eigenvalue weighted by atomic mass is 16.3. The standard InChI is InChI=1S/C14H14N3O2/c15-14(19)17-12(5-6-16-17)10-7-9(8-10)11-3-1-2-4-13(11)18/h1-5,9-10,18H,7-8H2,(H2,15,19)/t9-,10+. The molecule has 0 bridgehead atoms. The molecule has 97 valence electrons. The zero-order chi connectivity index (χ0) is 13.4. The summed E-state index contributed by atoms with van der Waals surface area (Å²) in [5.41, 5.74) is 7.02. The van der Waals surface area contributed by atoms with Crippen molar-refractivity contribution in [2.24, 2.45) is 5.73 Å². The number of carbonyl (C=O) groups excluding carboxylic acids is 1. The van der Waals surface area contributed by atoms with E-state index in [1.54, 1.807) is 12.1 Å². The zero-order valence-electron chi connectivity index (χ0n) is 10.3. The van der Waals surface area contributed by atoms with Gasteiger partial charge < -0.3 is 10.8 Å². The molecule has 5 heteroatoms. The number of primary amides is 1. The molecule has 3 rings (SSSR count). The molecule has 1 aliphatic carbocycles. The smallest absolute Gasteiger partial charge is 0.339 e. The summed E-state index contributed by atoms with van der Waals surface area (Å²) in [5.74, 6) is 0.902. The molecule has 19 heavy (non-hydrogen) atoms. The monoisotopic (exact) mass is 256 g/mol. The molecule has 1 amide bonds. The van der Waals surface area contributed by atoms with Crippen LogP contribution in [0.15, 0.2) is 30.3 Å². The van der Waals surface area contributed by atoms with Crippen LogP contribution in [0.3, 0.4) is 0 Å². The number of benzene rings is 1. The molecule has 1 aromatic carbocycles. The molecule has 0 saturated heterocycles. The van der Waals surface area contributed by atoms with Crippen LogP contribution in [0, 0.1) is 6.20 Å². The Kier molecular flexibility index (Phi) is 2.74. The Morgan fingerprint density at radius 2 is 2.11 bits per heavy atom. The molecular weight excluding hydrogens is 242 g/mol. The van der Waals surface area contributed by atoms with Crippen LogP contribution in [0.5, 0.6) is 5.75 Å². The number of para-hydroxylation sites is 1. The van der Waals surface area contributed by atoms with Crippen LogP contribution in [0.4, 0.5) is 4.79 Å². The molecule has 1 aliphatic rings. The highest BCUT2D eigenvalue weighted by Crippen LogP contribution is 2.49. The van der Waals surface area contributed by atoms with E-state index in [4.69, 9.17) is 5.73 Å². The molecule has 0 unspecified atom stereocenters. The van der Waals surface area contributed by atoms with Crippen molar-refractivity contribution < 1.29 is 9.90 Å². The summed E-state index contributed by atoms with van der Waals surface area (Å²) in [6.07, 6.45) is 4.42. The Morgan fingerprint density at radius 1 is 1.37 bits per heavy atom. The first kappa shape index (κ1) is 11.8. The lowest BCUT2D eigenvalue weighted by molar-refractivity contribution is 0.244. The van der Waals surface area contributed by atoms with Gasteiger partial charge >= 0.3 is 6.03 Å². The fourth-order valence-electron chi connectivity index (χ4n) is 2.68. The predicted molar refractivity (Wildman–Crippen MR) is 68.9 cm³/mol. The quantitative estimate of drug-likeness (QED) is 0.862. The van der Waals surface area contributed by atoms with Crippen molar-refractivity contribution in [2.75, 3.05) is 0 Å². The molecule has 3 N–H and O–H groups in total. The second kappa shape index (κ2) is 4.42. The normalized spacial score (nSPS) is 21.9. The summed E-state index contributed by atoms with van der Waals surface area (Å²) < 4.78 is 1.20. The van der Waals surface area contributed by atoms with Crippen molar-refractivity contribution in [1.82, 2.24) is 9.78 Å². The van der Waals surface area contributed by atoms with Crippen LogP contribution in [-0.2, 0) is 0 Å². The first-order valence-electron chi connectivity index (χ1n) is 6.20. The number of hydrogen-bond acceptors (Lipinski definition) is 3. The Balaban J connectivity index is 1.75. The van der Waals surface area contributed by atoms with Gasteiger partial charge in [0.15, 0.2) is 0 Å². The van der Waals surface area contributed by atoms with E-state index in [1.807, 2.05) is 18.2 Å². The highest BCUT2D eigenvalue weighted by Gasteiger charge is 2.35. The summed E-state index contributed by atoms with van der Waals surface area (Å²) in [7, 11) is 0. The van der Waals surface area contributed by atoms with Gasteiger partial charge in [0, 0.05) is 5.92 Å². The number of hydrogen-bond donors (Lipinski definition) is 2. The largest absolute Gasteiger partial charge is 0.508 e. The van der Waals surface area contributed by atoms with Crippen molar-refractivity contribution in [3.05, 3.63) is 47.8 Å². The average Bonchev–Trinajstić information content (AvgIpc) is 2.79. The number of nitrogens with zero attached hydrogens (tertiary/aromatic N) is 2. The molecule has 0 spiro atoms. The third kappa shape index (κ3) is 1.97. The minimum absolute atomic E-state index is 0.246. The summed E-state index contributed by atoms with van der Waals surface area (Å²) in [4.78, 5) is 11.2. The van der Waals surface area contributed by atoms with Gasteiger partial charge in [0.05, 0.1) is 5.69 Å². The van der Waals surface area contributed by atoms with Crippen molar-refractivity contribution in [3.63, 3.8) is 0 Å². The molecule has 1 heterocycles. The van der Waals surface area contributed by atoms with Gasteiger partial charge in [0.2, 0.25) is 0 Å².